The molecule has 144 valence electrons. The van der Waals surface area contributed by atoms with Crippen LogP contribution in [0.5, 0.6) is 23.0 Å². The Morgan fingerprint density at radius 3 is 2.50 bits per heavy atom. The van der Waals surface area contributed by atoms with Crippen LogP contribution < -0.4 is 24.3 Å². The SMILES string of the molecule is COc1ccc(OCc2ccc(C(=O)Nc3ccc4c(c3)OCCO4)o2)cc1. The van der Waals surface area contributed by atoms with Crippen LogP contribution in [0.25, 0.3) is 0 Å². The van der Waals surface area contributed by atoms with E-state index in [4.69, 9.17) is 23.4 Å². The molecule has 1 aliphatic heterocycles. The lowest BCUT2D eigenvalue weighted by Crippen LogP contribution is -2.16. The predicted molar refractivity (Wildman–Crippen MR) is 101 cm³/mol. The Bertz CT molecular complexity index is 963. The Hall–Kier alpha value is -3.61. The van der Waals surface area contributed by atoms with Crippen molar-refractivity contribution in [3.63, 3.8) is 0 Å². The maximum absolute atomic E-state index is 12.4. The van der Waals surface area contributed by atoms with Crippen LogP contribution in [-0.2, 0) is 6.61 Å². The summed E-state index contributed by atoms with van der Waals surface area (Å²) >= 11 is 0. The number of benzene rings is 2. The molecule has 1 aliphatic rings. The first-order valence-corrected chi connectivity index (χ1v) is 8.78. The van der Waals surface area contributed by atoms with E-state index in [1.165, 1.54) is 0 Å². The molecular formula is C21H19NO6. The second-order valence-corrected chi connectivity index (χ2v) is 6.04. The zero-order chi connectivity index (χ0) is 19.3. The van der Waals surface area contributed by atoms with Gasteiger partial charge in [0.2, 0.25) is 0 Å². The Morgan fingerprint density at radius 2 is 1.71 bits per heavy atom. The molecule has 0 atom stereocenters. The Balaban J connectivity index is 1.36. The predicted octanol–water partition coefficient (Wildman–Crippen LogP) is 3.89. The smallest absolute Gasteiger partial charge is 0.291 e. The number of fused-ring (bicyclic) bond motifs is 1. The van der Waals surface area contributed by atoms with E-state index >= 15 is 0 Å². The van der Waals surface area contributed by atoms with Gasteiger partial charge in [-0.2, -0.15) is 0 Å². The molecule has 0 saturated heterocycles. The second-order valence-electron chi connectivity index (χ2n) is 6.04. The maximum Gasteiger partial charge on any atom is 0.291 e. The lowest BCUT2D eigenvalue weighted by Gasteiger charge is -2.18. The summed E-state index contributed by atoms with van der Waals surface area (Å²) in [6.07, 6.45) is 0. The molecular weight excluding hydrogens is 362 g/mol. The summed E-state index contributed by atoms with van der Waals surface area (Å²) in [5.41, 5.74) is 0.599. The van der Waals surface area contributed by atoms with E-state index in [1.807, 2.05) is 12.1 Å². The van der Waals surface area contributed by atoms with E-state index in [1.54, 1.807) is 49.6 Å². The fourth-order valence-corrected chi connectivity index (χ4v) is 2.72. The number of carbonyl (C=O) groups excluding carboxylic acids is 1. The van der Waals surface area contributed by atoms with E-state index in [0.29, 0.717) is 41.9 Å². The summed E-state index contributed by atoms with van der Waals surface area (Å²) < 4.78 is 27.3. The molecule has 0 aliphatic carbocycles. The van der Waals surface area contributed by atoms with Crippen molar-refractivity contribution in [2.24, 2.45) is 0 Å². The highest BCUT2D eigenvalue weighted by molar-refractivity contribution is 6.02. The van der Waals surface area contributed by atoms with E-state index < -0.39 is 0 Å². The monoisotopic (exact) mass is 381 g/mol. The minimum Gasteiger partial charge on any atom is -0.497 e. The molecule has 7 nitrogen and oxygen atoms in total. The van der Waals surface area contributed by atoms with Crippen LogP contribution in [0.15, 0.2) is 59.0 Å². The van der Waals surface area contributed by atoms with Gasteiger partial charge in [-0.15, -0.1) is 0 Å². The Kier molecular flexibility index (Phi) is 5.05. The third kappa shape index (κ3) is 4.03. The molecule has 1 aromatic heterocycles. The highest BCUT2D eigenvalue weighted by atomic mass is 16.6. The quantitative estimate of drug-likeness (QED) is 0.698. The van der Waals surface area contributed by atoms with Gasteiger partial charge >= 0.3 is 0 Å². The van der Waals surface area contributed by atoms with Gasteiger partial charge in [0.05, 0.1) is 7.11 Å². The van der Waals surface area contributed by atoms with Gasteiger partial charge in [0.25, 0.3) is 5.91 Å². The van der Waals surface area contributed by atoms with Crippen molar-refractivity contribution in [3.8, 4) is 23.0 Å². The van der Waals surface area contributed by atoms with Gasteiger partial charge in [0, 0.05) is 11.8 Å². The van der Waals surface area contributed by atoms with Crippen LogP contribution in [0.1, 0.15) is 16.3 Å². The van der Waals surface area contributed by atoms with E-state index in [0.717, 1.165) is 5.75 Å². The van der Waals surface area contributed by atoms with Crippen molar-refractivity contribution in [2.75, 3.05) is 25.6 Å². The summed E-state index contributed by atoms with van der Waals surface area (Å²) in [7, 11) is 1.61. The molecule has 1 amide bonds. The average Bonchev–Trinajstić information content (AvgIpc) is 3.22. The normalized spacial score (nSPS) is 12.3. The number of ether oxygens (including phenoxy) is 4. The van der Waals surface area contributed by atoms with Gasteiger partial charge in [0.15, 0.2) is 17.3 Å². The van der Waals surface area contributed by atoms with Gasteiger partial charge in [0.1, 0.15) is 37.1 Å². The lowest BCUT2D eigenvalue weighted by molar-refractivity contribution is 0.0992. The molecule has 0 unspecified atom stereocenters. The zero-order valence-corrected chi connectivity index (χ0v) is 15.3. The van der Waals surface area contributed by atoms with Gasteiger partial charge in [-0.3, -0.25) is 4.79 Å². The van der Waals surface area contributed by atoms with Crippen molar-refractivity contribution in [3.05, 3.63) is 66.1 Å². The van der Waals surface area contributed by atoms with Crippen LogP contribution >= 0.6 is 0 Å². The van der Waals surface area contributed by atoms with Crippen molar-refractivity contribution in [2.45, 2.75) is 6.61 Å². The standard InChI is InChI=1S/C21H19NO6/c1-24-15-3-5-16(6-4-15)27-13-17-7-9-19(28-17)21(23)22-14-2-8-18-20(12-14)26-11-10-25-18/h2-9,12H,10-11,13H2,1H3,(H,22,23). The summed E-state index contributed by atoms with van der Waals surface area (Å²) in [6, 6.07) is 15.8. The first-order valence-electron chi connectivity index (χ1n) is 8.78. The van der Waals surface area contributed by atoms with Gasteiger partial charge < -0.3 is 28.7 Å². The number of amides is 1. The minimum absolute atomic E-state index is 0.197. The molecule has 0 bridgehead atoms. The molecule has 3 aromatic rings. The van der Waals surface area contributed by atoms with E-state index in [-0.39, 0.29) is 18.3 Å². The molecule has 2 aromatic carbocycles. The van der Waals surface area contributed by atoms with Gasteiger partial charge in [-0.25, -0.2) is 0 Å². The topological polar surface area (TPSA) is 79.2 Å². The number of nitrogens with one attached hydrogen (secondary N) is 1. The van der Waals surface area contributed by atoms with Crippen molar-refractivity contribution >= 4 is 11.6 Å². The lowest BCUT2D eigenvalue weighted by atomic mass is 10.2. The third-order valence-corrected chi connectivity index (χ3v) is 4.13. The number of hydrogen-bond acceptors (Lipinski definition) is 6. The largest absolute Gasteiger partial charge is 0.497 e. The number of methoxy groups -OCH3 is 1. The fourth-order valence-electron chi connectivity index (χ4n) is 2.72. The summed E-state index contributed by atoms with van der Waals surface area (Å²) in [5, 5.41) is 2.79. The highest BCUT2D eigenvalue weighted by Crippen LogP contribution is 2.32. The molecule has 0 saturated carbocycles. The van der Waals surface area contributed by atoms with Crippen molar-refractivity contribution in [1.82, 2.24) is 0 Å². The molecule has 7 heteroatoms. The summed E-state index contributed by atoms with van der Waals surface area (Å²) in [5.74, 6) is 3.10. The zero-order valence-electron chi connectivity index (χ0n) is 15.3. The third-order valence-electron chi connectivity index (χ3n) is 4.13. The first kappa shape index (κ1) is 17.8. The van der Waals surface area contributed by atoms with Crippen LogP contribution in [0.3, 0.4) is 0 Å². The number of hydrogen-bond donors (Lipinski definition) is 1. The van der Waals surface area contributed by atoms with E-state index in [2.05, 4.69) is 5.32 Å². The molecule has 4 rings (SSSR count). The van der Waals surface area contributed by atoms with Gasteiger partial charge in [-0.05, 0) is 48.5 Å². The molecule has 0 spiro atoms. The first-order chi connectivity index (χ1) is 13.7. The van der Waals surface area contributed by atoms with Crippen molar-refractivity contribution < 1.29 is 28.2 Å². The fraction of sp³-hybridized carbons (Fsp3) is 0.190. The Morgan fingerprint density at radius 1 is 0.964 bits per heavy atom. The van der Waals surface area contributed by atoms with Crippen LogP contribution in [0.2, 0.25) is 0 Å². The van der Waals surface area contributed by atoms with Gasteiger partial charge in [-0.1, -0.05) is 0 Å². The molecule has 0 radical (unpaired) electrons. The number of anilines is 1. The number of rotatable bonds is 6. The van der Waals surface area contributed by atoms with Crippen LogP contribution in [-0.4, -0.2) is 26.2 Å². The molecule has 0 fully saturated rings. The van der Waals surface area contributed by atoms with Crippen LogP contribution in [0, 0.1) is 0 Å². The van der Waals surface area contributed by atoms with Crippen LogP contribution in [0.4, 0.5) is 5.69 Å². The molecule has 28 heavy (non-hydrogen) atoms. The molecule has 1 N–H and O–H groups in total. The minimum atomic E-state index is -0.354. The Labute approximate surface area is 161 Å². The average molecular weight is 381 g/mol. The molecule has 2 heterocycles. The van der Waals surface area contributed by atoms with Crippen molar-refractivity contribution in [1.29, 1.82) is 0 Å². The summed E-state index contributed by atoms with van der Waals surface area (Å²) in [4.78, 5) is 12.4. The highest BCUT2D eigenvalue weighted by Gasteiger charge is 2.15. The number of carbonyl (C=O) groups is 1. The van der Waals surface area contributed by atoms with E-state index in [9.17, 15) is 4.79 Å². The summed E-state index contributed by atoms with van der Waals surface area (Å²) in [6.45, 7) is 1.22. The second kappa shape index (κ2) is 7.96. The number of furan rings is 1. The maximum atomic E-state index is 12.4.